The first-order chi connectivity index (χ1) is 11.5. The van der Waals surface area contributed by atoms with Gasteiger partial charge in [0.1, 0.15) is 0 Å². The summed E-state index contributed by atoms with van der Waals surface area (Å²) in [6, 6.07) is 8.37. The van der Waals surface area contributed by atoms with E-state index in [1.165, 1.54) is 12.1 Å². The summed E-state index contributed by atoms with van der Waals surface area (Å²) in [5, 5.41) is 16.2. The Morgan fingerprint density at radius 1 is 1.21 bits per heavy atom. The Balaban J connectivity index is 2.04. The van der Waals surface area contributed by atoms with Crippen LogP contribution in [0.2, 0.25) is 0 Å². The largest absolute Gasteiger partial charge is 0.493 e. The number of benzene rings is 2. The van der Waals surface area contributed by atoms with Gasteiger partial charge in [-0.15, -0.1) is 0 Å². The lowest BCUT2D eigenvalue weighted by Crippen LogP contribution is -2.03. The molecule has 0 fully saturated rings. The summed E-state index contributed by atoms with van der Waals surface area (Å²) in [6.07, 6.45) is 1.69. The number of nitrogens with zero attached hydrogens (tertiary/aromatic N) is 3. The first-order valence-electron chi connectivity index (χ1n) is 7.04. The van der Waals surface area contributed by atoms with E-state index in [9.17, 15) is 10.1 Å². The fourth-order valence-corrected chi connectivity index (χ4v) is 2.92. The van der Waals surface area contributed by atoms with Crippen molar-refractivity contribution >= 4 is 32.5 Å². The molecule has 0 atom stereocenters. The molecular weight excluding hydrogens is 378 g/mol. The number of methoxy groups -OCH3 is 2. The highest BCUT2D eigenvalue weighted by Gasteiger charge is 2.14. The van der Waals surface area contributed by atoms with E-state index in [-0.39, 0.29) is 5.69 Å². The SMILES string of the molecule is COc1cc(Br)c(Cn2ncc3ccc([N+](=O)[O-])cc32)cc1OC. The molecule has 0 radical (unpaired) electrons. The third-order valence-electron chi connectivity index (χ3n) is 3.71. The van der Waals surface area contributed by atoms with Crippen LogP contribution in [0.5, 0.6) is 11.5 Å². The number of halogens is 1. The maximum Gasteiger partial charge on any atom is 0.271 e. The molecule has 7 nitrogen and oxygen atoms in total. The van der Waals surface area contributed by atoms with E-state index in [2.05, 4.69) is 21.0 Å². The van der Waals surface area contributed by atoms with Crippen molar-refractivity contribution in [3.05, 3.63) is 56.7 Å². The van der Waals surface area contributed by atoms with Crippen LogP contribution in [0, 0.1) is 10.1 Å². The molecule has 2 aromatic carbocycles. The summed E-state index contributed by atoms with van der Waals surface area (Å²) in [4.78, 5) is 10.6. The first-order valence-corrected chi connectivity index (χ1v) is 7.83. The van der Waals surface area contributed by atoms with E-state index in [0.717, 1.165) is 15.4 Å². The Morgan fingerprint density at radius 2 is 1.92 bits per heavy atom. The van der Waals surface area contributed by atoms with Crippen LogP contribution in [-0.4, -0.2) is 28.9 Å². The average molecular weight is 392 g/mol. The van der Waals surface area contributed by atoms with E-state index in [1.807, 2.05) is 12.1 Å². The highest BCUT2D eigenvalue weighted by molar-refractivity contribution is 9.10. The fraction of sp³-hybridized carbons (Fsp3) is 0.188. The van der Waals surface area contributed by atoms with Gasteiger partial charge in [-0.3, -0.25) is 14.8 Å². The van der Waals surface area contributed by atoms with Gasteiger partial charge >= 0.3 is 0 Å². The molecule has 0 N–H and O–H groups in total. The summed E-state index contributed by atoms with van der Waals surface area (Å²) in [5.41, 5.74) is 1.66. The van der Waals surface area contributed by atoms with Crippen molar-refractivity contribution in [3.63, 3.8) is 0 Å². The zero-order valence-electron chi connectivity index (χ0n) is 13.0. The third kappa shape index (κ3) is 2.92. The summed E-state index contributed by atoms with van der Waals surface area (Å²) in [5.74, 6) is 1.23. The number of hydrogen-bond donors (Lipinski definition) is 0. The number of hydrogen-bond acceptors (Lipinski definition) is 5. The van der Waals surface area contributed by atoms with Crippen molar-refractivity contribution < 1.29 is 14.4 Å². The van der Waals surface area contributed by atoms with E-state index < -0.39 is 4.92 Å². The molecule has 1 heterocycles. The van der Waals surface area contributed by atoms with Gasteiger partial charge < -0.3 is 9.47 Å². The zero-order chi connectivity index (χ0) is 17.3. The summed E-state index contributed by atoms with van der Waals surface area (Å²) < 4.78 is 13.1. The first kappa shape index (κ1) is 16.3. The van der Waals surface area contributed by atoms with E-state index in [1.54, 1.807) is 31.2 Å². The fourth-order valence-electron chi connectivity index (χ4n) is 2.48. The molecule has 0 spiro atoms. The third-order valence-corrected chi connectivity index (χ3v) is 4.45. The molecule has 0 unspecified atom stereocenters. The maximum atomic E-state index is 11.0. The lowest BCUT2D eigenvalue weighted by molar-refractivity contribution is -0.384. The van der Waals surface area contributed by atoms with Gasteiger partial charge in [-0.2, -0.15) is 5.10 Å². The molecule has 0 aliphatic rings. The second-order valence-corrected chi connectivity index (χ2v) is 5.96. The number of fused-ring (bicyclic) bond motifs is 1. The molecule has 8 heteroatoms. The van der Waals surface area contributed by atoms with Gasteiger partial charge in [0.2, 0.25) is 0 Å². The molecule has 3 rings (SSSR count). The molecule has 24 heavy (non-hydrogen) atoms. The molecule has 0 saturated carbocycles. The van der Waals surface area contributed by atoms with E-state index >= 15 is 0 Å². The van der Waals surface area contributed by atoms with Crippen LogP contribution >= 0.6 is 15.9 Å². The molecule has 0 bridgehead atoms. The highest BCUT2D eigenvalue weighted by atomic mass is 79.9. The molecule has 0 aliphatic carbocycles. The Hall–Kier alpha value is -2.61. The number of nitro groups is 1. The molecule has 0 saturated heterocycles. The minimum Gasteiger partial charge on any atom is -0.493 e. The molecule has 124 valence electrons. The second kappa shape index (κ2) is 6.48. The van der Waals surface area contributed by atoms with Crippen LogP contribution in [0.4, 0.5) is 5.69 Å². The van der Waals surface area contributed by atoms with Gasteiger partial charge in [0.25, 0.3) is 5.69 Å². The Kier molecular flexibility index (Phi) is 4.39. The van der Waals surface area contributed by atoms with Crippen LogP contribution in [0.15, 0.2) is 41.0 Å². The summed E-state index contributed by atoms with van der Waals surface area (Å²) in [6.45, 7) is 0.436. The Labute approximate surface area is 146 Å². The lowest BCUT2D eigenvalue weighted by Gasteiger charge is -2.12. The molecule has 0 aliphatic heterocycles. The number of rotatable bonds is 5. The van der Waals surface area contributed by atoms with Crippen LogP contribution in [0.25, 0.3) is 10.9 Å². The van der Waals surface area contributed by atoms with Crippen LogP contribution in [-0.2, 0) is 6.54 Å². The minimum atomic E-state index is -0.414. The van der Waals surface area contributed by atoms with Crippen LogP contribution in [0.3, 0.4) is 0 Å². The van der Waals surface area contributed by atoms with Gasteiger partial charge in [-0.25, -0.2) is 0 Å². The minimum absolute atomic E-state index is 0.0376. The normalized spacial score (nSPS) is 10.8. The van der Waals surface area contributed by atoms with Crippen molar-refractivity contribution in [2.45, 2.75) is 6.54 Å². The van der Waals surface area contributed by atoms with Gasteiger partial charge in [0, 0.05) is 22.0 Å². The maximum absolute atomic E-state index is 11.0. The Morgan fingerprint density at radius 3 is 2.58 bits per heavy atom. The molecule has 1 aromatic heterocycles. The summed E-state index contributed by atoms with van der Waals surface area (Å²) in [7, 11) is 3.15. The average Bonchev–Trinajstić information content (AvgIpc) is 2.98. The van der Waals surface area contributed by atoms with Gasteiger partial charge in [0.15, 0.2) is 11.5 Å². The molecular formula is C16H14BrN3O4. The van der Waals surface area contributed by atoms with Gasteiger partial charge in [-0.05, 0) is 23.8 Å². The highest BCUT2D eigenvalue weighted by Crippen LogP contribution is 2.34. The molecule has 0 amide bonds. The van der Waals surface area contributed by atoms with E-state index in [4.69, 9.17) is 9.47 Å². The predicted octanol–water partition coefficient (Wildman–Crippen LogP) is 3.77. The van der Waals surface area contributed by atoms with Gasteiger partial charge in [0.05, 0.1) is 37.4 Å². The van der Waals surface area contributed by atoms with Crippen molar-refractivity contribution in [3.8, 4) is 11.5 Å². The Bertz CT molecular complexity index is 923. The zero-order valence-corrected chi connectivity index (χ0v) is 14.6. The standard InChI is InChI=1S/C16H14BrN3O4/c1-23-15-5-11(13(17)7-16(15)24-2)9-19-14-6-12(20(21)22)4-3-10(14)8-18-19/h3-8H,9H2,1-2H3. The van der Waals surface area contributed by atoms with Crippen LogP contribution < -0.4 is 9.47 Å². The monoisotopic (exact) mass is 391 g/mol. The topological polar surface area (TPSA) is 79.4 Å². The van der Waals surface area contributed by atoms with Crippen molar-refractivity contribution in [1.29, 1.82) is 0 Å². The van der Waals surface area contributed by atoms with Crippen molar-refractivity contribution in [2.75, 3.05) is 14.2 Å². The number of nitro benzene ring substituents is 1. The summed E-state index contributed by atoms with van der Waals surface area (Å²) >= 11 is 3.51. The smallest absolute Gasteiger partial charge is 0.271 e. The van der Waals surface area contributed by atoms with E-state index in [0.29, 0.717) is 23.6 Å². The number of aromatic nitrogens is 2. The second-order valence-electron chi connectivity index (χ2n) is 5.10. The number of non-ortho nitro benzene ring substituents is 1. The van der Waals surface area contributed by atoms with Crippen molar-refractivity contribution in [2.24, 2.45) is 0 Å². The van der Waals surface area contributed by atoms with Crippen molar-refractivity contribution in [1.82, 2.24) is 9.78 Å². The quantitative estimate of drug-likeness (QED) is 0.488. The molecule has 3 aromatic rings. The lowest BCUT2D eigenvalue weighted by atomic mass is 10.2. The van der Waals surface area contributed by atoms with Crippen LogP contribution in [0.1, 0.15) is 5.56 Å². The van der Waals surface area contributed by atoms with Gasteiger partial charge in [-0.1, -0.05) is 15.9 Å². The predicted molar refractivity (Wildman–Crippen MR) is 92.7 cm³/mol. The number of ether oxygens (including phenoxy) is 2.